The van der Waals surface area contributed by atoms with Crippen molar-refractivity contribution in [1.29, 1.82) is 5.26 Å². The SMILES string of the molecule is N#Cc1c(C(F)(F)F)cc(C(F)(F)F)nc1NCC(=O)N(CC(F)(F)F)c1ccc(F)cc1. The summed E-state index contributed by atoms with van der Waals surface area (Å²) in [5.74, 6) is -3.61. The minimum atomic E-state index is -5.41. The van der Waals surface area contributed by atoms with Gasteiger partial charge in [-0.05, 0) is 30.3 Å². The van der Waals surface area contributed by atoms with E-state index in [1.807, 2.05) is 0 Å². The Morgan fingerprint density at radius 3 is 2.03 bits per heavy atom. The van der Waals surface area contributed by atoms with E-state index in [2.05, 4.69) is 4.98 Å². The van der Waals surface area contributed by atoms with Crippen molar-refractivity contribution >= 4 is 17.4 Å². The Morgan fingerprint density at radius 2 is 1.58 bits per heavy atom. The van der Waals surface area contributed by atoms with E-state index in [4.69, 9.17) is 5.26 Å². The third kappa shape index (κ3) is 6.70. The minimum absolute atomic E-state index is 0.0801. The van der Waals surface area contributed by atoms with E-state index in [0.717, 1.165) is 30.3 Å². The van der Waals surface area contributed by atoms with Gasteiger partial charge in [-0.25, -0.2) is 9.37 Å². The molecule has 0 saturated carbocycles. The Hall–Kier alpha value is -3.57. The van der Waals surface area contributed by atoms with Gasteiger partial charge in [0.25, 0.3) is 0 Å². The van der Waals surface area contributed by atoms with E-state index >= 15 is 0 Å². The van der Waals surface area contributed by atoms with Gasteiger partial charge in [0.1, 0.15) is 35.5 Å². The van der Waals surface area contributed by atoms with Gasteiger partial charge in [0.2, 0.25) is 5.91 Å². The fourth-order valence-electron chi connectivity index (χ4n) is 2.53. The summed E-state index contributed by atoms with van der Waals surface area (Å²) in [6, 6.07) is 3.70. The number of aromatic nitrogens is 1. The topological polar surface area (TPSA) is 69.0 Å². The predicted octanol–water partition coefficient (Wildman–Crippen LogP) is 5.14. The molecule has 0 aliphatic rings. The molecule has 5 nitrogen and oxygen atoms in total. The van der Waals surface area contributed by atoms with Crippen LogP contribution in [0.3, 0.4) is 0 Å². The van der Waals surface area contributed by atoms with E-state index in [-0.39, 0.29) is 4.90 Å². The number of alkyl halides is 9. The lowest BCUT2D eigenvalue weighted by Gasteiger charge is -2.24. The molecule has 2 rings (SSSR count). The van der Waals surface area contributed by atoms with Crippen LogP contribution in [0.5, 0.6) is 0 Å². The Labute approximate surface area is 178 Å². The highest BCUT2D eigenvalue weighted by atomic mass is 19.4. The van der Waals surface area contributed by atoms with Crippen LogP contribution in [0.1, 0.15) is 16.8 Å². The first-order chi connectivity index (χ1) is 15.0. The van der Waals surface area contributed by atoms with Gasteiger partial charge in [0.15, 0.2) is 0 Å². The smallest absolute Gasteiger partial charge is 0.360 e. The largest absolute Gasteiger partial charge is 0.433 e. The fraction of sp³-hybridized carbons (Fsp3) is 0.278. The Bertz CT molecular complexity index is 1050. The molecular weight excluding hydrogens is 478 g/mol. The van der Waals surface area contributed by atoms with Crippen LogP contribution in [-0.4, -0.2) is 30.2 Å². The van der Waals surface area contributed by atoms with Crippen molar-refractivity contribution in [2.45, 2.75) is 18.5 Å². The maximum absolute atomic E-state index is 13.1. The average Bonchev–Trinajstić information content (AvgIpc) is 2.68. The molecule has 33 heavy (non-hydrogen) atoms. The second-order valence-electron chi connectivity index (χ2n) is 6.31. The van der Waals surface area contributed by atoms with E-state index in [0.29, 0.717) is 0 Å². The van der Waals surface area contributed by atoms with Gasteiger partial charge in [0.05, 0.1) is 12.1 Å². The van der Waals surface area contributed by atoms with Gasteiger partial charge in [-0.3, -0.25) is 4.79 Å². The Kier molecular flexibility index (Phi) is 7.10. The normalized spacial score (nSPS) is 12.3. The highest BCUT2D eigenvalue weighted by Gasteiger charge is 2.41. The Balaban J connectivity index is 2.44. The molecule has 1 heterocycles. The third-order valence-corrected chi connectivity index (χ3v) is 3.91. The number of amides is 1. The summed E-state index contributed by atoms with van der Waals surface area (Å²) < 4.78 is 130. The molecule has 178 valence electrons. The van der Waals surface area contributed by atoms with E-state index < -0.39 is 77.7 Å². The van der Waals surface area contributed by atoms with Crippen LogP contribution >= 0.6 is 0 Å². The van der Waals surface area contributed by atoms with Crippen molar-refractivity contribution in [3.05, 3.63) is 53.0 Å². The second-order valence-corrected chi connectivity index (χ2v) is 6.31. The lowest BCUT2D eigenvalue weighted by atomic mass is 10.1. The van der Waals surface area contributed by atoms with Crippen molar-refractivity contribution in [1.82, 2.24) is 4.98 Å². The number of halogens is 10. The molecule has 0 radical (unpaired) electrons. The highest BCUT2D eigenvalue weighted by Crippen LogP contribution is 2.38. The number of carbonyl (C=O) groups excluding carboxylic acids is 1. The van der Waals surface area contributed by atoms with E-state index in [1.54, 1.807) is 5.32 Å². The number of nitrogens with one attached hydrogen (secondary N) is 1. The zero-order valence-electron chi connectivity index (χ0n) is 15.8. The first-order valence-electron chi connectivity index (χ1n) is 8.49. The summed E-state index contributed by atoms with van der Waals surface area (Å²) in [5, 5.41) is 10.8. The first kappa shape index (κ1) is 25.7. The van der Waals surface area contributed by atoms with Gasteiger partial charge >= 0.3 is 18.5 Å². The van der Waals surface area contributed by atoms with Crippen molar-refractivity contribution in [3.8, 4) is 6.07 Å². The van der Waals surface area contributed by atoms with Crippen molar-refractivity contribution in [2.75, 3.05) is 23.3 Å². The molecule has 0 atom stereocenters. The average molecular weight is 488 g/mol. The number of hydrogen-bond acceptors (Lipinski definition) is 4. The Morgan fingerprint density at radius 1 is 1.00 bits per heavy atom. The van der Waals surface area contributed by atoms with E-state index in [9.17, 15) is 48.7 Å². The molecule has 2 aromatic rings. The fourth-order valence-corrected chi connectivity index (χ4v) is 2.53. The molecule has 1 N–H and O–H groups in total. The van der Waals surface area contributed by atoms with Crippen molar-refractivity contribution in [2.24, 2.45) is 0 Å². The molecule has 15 heteroatoms. The number of pyridine rings is 1. The quantitative estimate of drug-likeness (QED) is 0.593. The molecular formula is C18H10F10N4O. The van der Waals surface area contributed by atoms with Gasteiger partial charge in [-0.2, -0.15) is 44.8 Å². The number of nitrogens with zero attached hydrogens (tertiary/aromatic N) is 3. The van der Waals surface area contributed by atoms with Gasteiger partial charge in [0, 0.05) is 5.69 Å². The summed E-state index contributed by atoms with van der Waals surface area (Å²) in [6.45, 7) is -3.16. The maximum Gasteiger partial charge on any atom is 0.433 e. The summed E-state index contributed by atoms with van der Waals surface area (Å²) >= 11 is 0. The molecule has 0 aliphatic heterocycles. The lowest BCUT2D eigenvalue weighted by Crippen LogP contribution is -2.42. The zero-order chi connectivity index (χ0) is 25.2. The third-order valence-electron chi connectivity index (χ3n) is 3.91. The molecule has 1 aromatic carbocycles. The summed E-state index contributed by atoms with van der Waals surface area (Å²) in [7, 11) is 0. The van der Waals surface area contributed by atoms with Crippen LogP contribution in [-0.2, 0) is 17.1 Å². The van der Waals surface area contributed by atoms with Crippen LogP contribution in [0, 0.1) is 17.1 Å². The van der Waals surface area contributed by atoms with Gasteiger partial charge in [-0.1, -0.05) is 0 Å². The second kappa shape index (κ2) is 9.12. The number of hydrogen-bond donors (Lipinski definition) is 1. The number of rotatable bonds is 5. The van der Waals surface area contributed by atoms with Crippen LogP contribution < -0.4 is 10.2 Å². The van der Waals surface area contributed by atoms with Crippen molar-refractivity contribution in [3.63, 3.8) is 0 Å². The molecule has 1 amide bonds. The standard InChI is InChI=1S/C18H10F10N4O/c19-9-1-3-10(4-2-9)32(8-16(20,21)22)14(33)7-30-15-11(6-29)12(17(23,24)25)5-13(31-15)18(26,27)28/h1-5H,7-8H2,(H,30,31). The number of anilines is 2. The molecule has 0 bridgehead atoms. The maximum atomic E-state index is 13.1. The first-order valence-corrected chi connectivity index (χ1v) is 8.49. The van der Waals surface area contributed by atoms with Crippen LogP contribution in [0.15, 0.2) is 30.3 Å². The van der Waals surface area contributed by atoms with Gasteiger partial charge in [-0.15, -0.1) is 0 Å². The summed E-state index contributed by atoms with van der Waals surface area (Å²) in [6.07, 6.45) is -15.7. The van der Waals surface area contributed by atoms with Crippen LogP contribution in [0.25, 0.3) is 0 Å². The number of carbonyl (C=O) groups is 1. The number of benzene rings is 1. The van der Waals surface area contributed by atoms with Gasteiger partial charge < -0.3 is 10.2 Å². The molecule has 0 aliphatic carbocycles. The number of nitriles is 1. The molecule has 1 aromatic heterocycles. The molecule has 0 fully saturated rings. The molecule has 0 unspecified atom stereocenters. The lowest BCUT2D eigenvalue weighted by molar-refractivity contribution is -0.145. The minimum Gasteiger partial charge on any atom is -0.360 e. The predicted molar refractivity (Wildman–Crippen MR) is 92.3 cm³/mol. The zero-order valence-corrected chi connectivity index (χ0v) is 15.8. The summed E-state index contributed by atoms with van der Waals surface area (Å²) in [5.41, 5.74) is -5.90. The highest BCUT2D eigenvalue weighted by molar-refractivity contribution is 5.96. The molecule has 0 saturated heterocycles. The van der Waals surface area contributed by atoms with Crippen LogP contribution in [0.2, 0.25) is 0 Å². The van der Waals surface area contributed by atoms with E-state index in [1.165, 1.54) is 0 Å². The summed E-state index contributed by atoms with van der Waals surface area (Å²) in [4.78, 5) is 15.3. The van der Waals surface area contributed by atoms with Crippen LogP contribution in [0.4, 0.5) is 55.4 Å². The van der Waals surface area contributed by atoms with Crippen molar-refractivity contribution < 1.29 is 48.7 Å². The monoisotopic (exact) mass is 488 g/mol. The molecule has 0 spiro atoms.